The summed E-state index contributed by atoms with van der Waals surface area (Å²) in [6.45, 7) is 1.92. The fourth-order valence-electron chi connectivity index (χ4n) is 1.33. The molecule has 0 saturated heterocycles. The molecule has 3 heteroatoms. The van der Waals surface area contributed by atoms with Crippen LogP contribution >= 0.6 is 0 Å². The second kappa shape index (κ2) is 7.17. The highest BCUT2D eigenvalue weighted by atomic mass is 16.4. The van der Waals surface area contributed by atoms with E-state index in [0.717, 1.165) is 13.5 Å². The summed E-state index contributed by atoms with van der Waals surface area (Å²) in [4.78, 5) is 8.89. The first-order valence-corrected chi connectivity index (χ1v) is 5.34. The Hall–Kier alpha value is -2.16. The fourth-order valence-corrected chi connectivity index (χ4v) is 1.33. The van der Waals surface area contributed by atoms with Crippen LogP contribution in [0, 0.1) is 0 Å². The number of rotatable bonds is 2. The highest BCUT2D eigenvalue weighted by Crippen LogP contribution is 1.96. The van der Waals surface area contributed by atoms with Crippen molar-refractivity contribution in [2.45, 2.75) is 13.5 Å². The SMILES string of the molecule is CC(=O)[O-].c1ccc(C[n+]2ccccc2)cc1. The lowest BCUT2D eigenvalue weighted by Crippen LogP contribution is -2.32. The van der Waals surface area contributed by atoms with Crippen molar-refractivity contribution < 1.29 is 14.5 Å². The number of hydrogen-bond acceptors (Lipinski definition) is 2. The van der Waals surface area contributed by atoms with Crippen molar-refractivity contribution in [3.63, 3.8) is 0 Å². The lowest BCUT2D eigenvalue weighted by Gasteiger charge is -1.95. The fraction of sp³-hybridized carbons (Fsp3) is 0.143. The van der Waals surface area contributed by atoms with Crippen molar-refractivity contribution in [2.75, 3.05) is 0 Å². The predicted octanol–water partition coefficient (Wildman–Crippen LogP) is 0.779. The Kier molecular flexibility index (Phi) is 5.44. The van der Waals surface area contributed by atoms with E-state index in [9.17, 15) is 0 Å². The average Bonchev–Trinajstić information content (AvgIpc) is 2.31. The summed E-state index contributed by atoms with van der Waals surface area (Å²) in [5.74, 6) is -1.08. The Balaban J connectivity index is 0.000000317. The van der Waals surface area contributed by atoms with Crippen molar-refractivity contribution in [2.24, 2.45) is 0 Å². The molecule has 0 aliphatic carbocycles. The third-order valence-corrected chi connectivity index (χ3v) is 1.99. The summed E-state index contributed by atoms with van der Waals surface area (Å²) in [6, 6.07) is 16.6. The number of hydrogen-bond donors (Lipinski definition) is 0. The van der Waals surface area contributed by atoms with Gasteiger partial charge < -0.3 is 9.90 Å². The molecule has 1 heterocycles. The molecule has 3 nitrogen and oxygen atoms in total. The summed E-state index contributed by atoms with van der Waals surface area (Å²) in [6.07, 6.45) is 4.15. The lowest BCUT2D eigenvalue weighted by atomic mass is 10.2. The Bertz CT molecular complexity index is 399. The number of carboxylic acid groups (broad SMARTS) is 1. The monoisotopic (exact) mass is 229 g/mol. The van der Waals surface area contributed by atoms with E-state index < -0.39 is 5.97 Å². The van der Waals surface area contributed by atoms with E-state index in [-0.39, 0.29) is 0 Å². The van der Waals surface area contributed by atoms with E-state index in [0.29, 0.717) is 0 Å². The van der Waals surface area contributed by atoms with Gasteiger partial charge in [0.05, 0.1) is 0 Å². The van der Waals surface area contributed by atoms with Gasteiger partial charge in [-0.2, -0.15) is 0 Å². The molecule has 1 aromatic heterocycles. The van der Waals surface area contributed by atoms with Crippen LogP contribution in [0.3, 0.4) is 0 Å². The minimum absolute atomic E-state index is 0.946. The second-order valence-corrected chi connectivity index (χ2v) is 3.53. The number of nitrogens with zero attached hydrogens (tertiary/aromatic N) is 1. The molecule has 0 N–H and O–H groups in total. The van der Waals surface area contributed by atoms with Gasteiger partial charge in [0.1, 0.15) is 0 Å². The molecular weight excluding hydrogens is 214 g/mol. The molecule has 0 radical (unpaired) electrons. The number of carbonyl (C=O) groups excluding carboxylic acids is 1. The maximum Gasteiger partial charge on any atom is 0.173 e. The third kappa shape index (κ3) is 6.10. The first-order valence-electron chi connectivity index (χ1n) is 5.34. The van der Waals surface area contributed by atoms with Gasteiger partial charge in [-0.1, -0.05) is 36.4 Å². The van der Waals surface area contributed by atoms with Crippen molar-refractivity contribution >= 4 is 5.97 Å². The van der Waals surface area contributed by atoms with E-state index in [2.05, 4.69) is 41.2 Å². The van der Waals surface area contributed by atoms with Gasteiger partial charge >= 0.3 is 0 Å². The van der Waals surface area contributed by atoms with E-state index >= 15 is 0 Å². The summed E-state index contributed by atoms with van der Waals surface area (Å²) in [5.41, 5.74) is 1.33. The van der Waals surface area contributed by atoms with Crippen molar-refractivity contribution in [1.29, 1.82) is 0 Å². The summed E-state index contributed by atoms with van der Waals surface area (Å²) < 4.78 is 2.16. The molecular formula is C14H15NO2. The standard InChI is InChI=1S/C12H12N.C2H4O2/c1-3-7-12(8-4-1)11-13-9-5-2-6-10-13;1-2(3)4/h1-10H,11H2;1H3,(H,3,4)/q+1;/p-1. The molecule has 0 atom stereocenters. The molecule has 0 unspecified atom stereocenters. The van der Waals surface area contributed by atoms with Gasteiger partial charge in [-0.3, -0.25) is 0 Å². The van der Waals surface area contributed by atoms with E-state index in [1.165, 1.54) is 5.56 Å². The minimum Gasteiger partial charge on any atom is -0.550 e. The highest BCUT2D eigenvalue weighted by molar-refractivity contribution is 5.60. The number of benzene rings is 1. The lowest BCUT2D eigenvalue weighted by molar-refractivity contribution is -0.688. The van der Waals surface area contributed by atoms with Crippen LogP contribution in [0.1, 0.15) is 12.5 Å². The molecule has 2 rings (SSSR count). The molecule has 0 bridgehead atoms. The molecule has 0 fully saturated rings. The number of carboxylic acids is 1. The summed E-state index contributed by atoms with van der Waals surface area (Å²) in [5, 5.41) is 8.89. The van der Waals surface area contributed by atoms with Crippen LogP contribution in [-0.2, 0) is 11.3 Å². The number of pyridine rings is 1. The normalized spacial score (nSPS) is 9.00. The number of carbonyl (C=O) groups is 1. The average molecular weight is 229 g/mol. The van der Waals surface area contributed by atoms with E-state index in [1.54, 1.807) is 0 Å². The van der Waals surface area contributed by atoms with E-state index in [1.807, 2.05) is 24.3 Å². The topological polar surface area (TPSA) is 44.0 Å². The maximum atomic E-state index is 8.89. The van der Waals surface area contributed by atoms with Crippen LogP contribution in [-0.4, -0.2) is 5.97 Å². The van der Waals surface area contributed by atoms with Crippen LogP contribution in [0.15, 0.2) is 60.9 Å². The van der Waals surface area contributed by atoms with Gasteiger partial charge in [0.25, 0.3) is 0 Å². The third-order valence-electron chi connectivity index (χ3n) is 1.99. The number of aromatic nitrogens is 1. The second-order valence-electron chi connectivity index (χ2n) is 3.53. The maximum absolute atomic E-state index is 8.89. The number of aliphatic carboxylic acids is 1. The molecule has 0 amide bonds. The van der Waals surface area contributed by atoms with Gasteiger partial charge in [0.2, 0.25) is 0 Å². The van der Waals surface area contributed by atoms with Crippen molar-refractivity contribution in [3.8, 4) is 0 Å². The Morgan fingerprint density at radius 3 is 2.06 bits per heavy atom. The van der Waals surface area contributed by atoms with Gasteiger partial charge in [0, 0.05) is 23.7 Å². The Labute approximate surface area is 101 Å². The van der Waals surface area contributed by atoms with Crippen molar-refractivity contribution in [3.05, 3.63) is 66.5 Å². The van der Waals surface area contributed by atoms with Crippen LogP contribution in [0.5, 0.6) is 0 Å². The van der Waals surface area contributed by atoms with Crippen LogP contribution in [0.4, 0.5) is 0 Å². The molecule has 0 aliphatic heterocycles. The Morgan fingerprint density at radius 1 is 1.06 bits per heavy atom. The van der Waals surface area contributed by atoms with E-state index in [4.69, 9.17) is 9.90 Å². The van der Waals surface area contributed by atoms with Gasteiger partial charge in [-0.25, -0.2) is 4.57 Å². The zero-order chi connectivity index (χ0) is 12.5. The largest absolute Gasteiger partial charge is 0.550 e. The zero-order valence-electron chi connectivity index (χ0n) is 9.74. The molecule has 17 heavy (non-hydrogen) atoms. The zero-order valence-corrected chi connectivity index (χ0v) is 9.74. The van der Waals surface area contributed by atoms with Gasteiger partial charge in [0.15, 0.2) is 18.9 Å². The van der Waals surface area contributed by atoms with Gasteiger partial charge in [-0.05, 0) is 6.92 Å². The van der Waals surface area contributed by atoms with Gasteiger partial charge in [-0.15, -0.1) is 0 Å². The van der Waals surface area contributed by atoms with Crippen LogP contribution in [0.2, 0.25) is 0 Å². The molecule has 2 aromatic rings. The summed E-state index contributed by atoms with van der Waals surface area (Å²) in [7, 11) is 0. The molecule has 0 saturated carbocycles. The first-order chi connectivity index (χ1) is 8.18. The quantitative estimate of drug-likeness (QED) is 0.714. The first kappa shape index (κ1) is 12.9. The Morgan fingerprint density at radius 2 is 1.53 bits per heavy atom. The molecule has 0 aliphatic rings. The smallest absolute Gasteiger partial charge is 0.173 e. The molecule has 88 valence electrons. The molecule has 0 spiro atoms. The van der Waals surface area contributed by atoms with Crippen LogP contribution in [0.25, 0.3) is 0 Å². The predicted molar refractivity (Wildman–Crippen MR) is 62.9 cm³/mol. The minimum atomic E-state index is -1.08. The van der Waals surface area contributed by atoms with Crippen LogP contribution < -0.4 is 9.67 Å². The molecule has 1 aromatic carbocycles. The highest BCUT2D eigenvalue weighted by Gasteiger charge is 1.98. The summed E-state index contributed by atoms with van der Waals surface area (Å²) >= 11 is 0. The van der Waals surface area contributed by atoms with Crippen molar-refractivity contribution in [1.82, 2.24) is 0 Å².